The van der Waals surface area contributed by atoms with Crippen LogP contribution in [0.25, 0.3) is 0 Å². The van der Waals surface area contributed by atoms with Gasteiger partial charge < -0.3 is 4.90 Å². The molecule has 2 rings (SSSR count). The monoisotopic (exact) mass is 300 g/mol. The van der Waals surface area contributed by atoms with Gasteiger partial charge in [0.2, 0.25) is 11.8 Å². The molecule has 0 atom stereocenters. The number of alkyl halides is 2. The number of hydrogen-bond acceptors (Lipinski definition) is 4. The predicted molar refractivity (Wildman–Crippen MR) is 67.4 cm³/mol. The molecule has 0 unspecified atom stereocenters. The number of nitrogens with zero attached hydrogens (tertiary/aromatic N) is 1. The molecule has 1 N–H and O–H groups in total. The van der Waals surface area contributed by atoms with E-state index in [-0.39, 0.29) is 35.3 Å². The fourth-order valence-corrected chi connectivity index (χ4v) is 2.42. The third kappa shape index (κ3) is 3.32. The van der Waals surface area contributed by atoms with Gasteiger partial charge in [-0.25, -0.2) is 0 Å². The Balaban J connectivity index is 2.24. The van der Waals surface area contributed by atoms with E-state index >= 15 is 0 Å². The molecular formula is C12H10F2N2O3S. The van der Waals surface area contributed by atoms with E-state index in [0.717, 1.165) is 4.90 Å². The summed E-state index contributed by atoms with van der Waals surface area (Å²) < 4.78 is 24.9. The van der Waals surface area contributed by atoms with Crippen LogP contribution in [0.15, 0.2) is 29.2 Å². The molecule has 3 amide bonds. The van der Waals surface area contributed by atoms with Crippen molar-refractivity contribution >= 4 is 29.5 Å². The quantitative estimate of drug-likeness (QED) is 0.670. The maximum absolute atomic E-state index is 12.5. The number of hydrogen-bond donors (Lipinski definition) is 1. The van der Waals surface area contributed by atoms with Crippen molar-refractivity contribution in [3.05, 3.63) is 29.8 Å². The summed E-state index contributed by atoms with van der Waals surface area (Å²) in [7, 11) is 0. The van der Waals surface area contributed by atoms with Gasteiger partial charge in [-0.2, -0.15) is 8.78 Å². The van der Waals surface area contributed by atoms with Crippen LogP contribution in [-0.4, -0.2) is 41.5 Å². The Bertz CT molecular complexity index is 549. The molecule has 20 heavy (non-hydrogen) atoms. The standard InChI is InChI=1S/C12H10F2N2O3S/c13-12(14)20-8-4-2-1-3-7(8)11(19)16-5-9(17)15-10(18)6-16/h1-4,12H,5-6H2,(H,15,17,18). The summed E-state index contributed by atoms with van der Waals surface area (Å²) in [6, 6.07) is 5.87. The van der Waals surface area contributed by atoms with Crippen LogP contribution in [0.4, 0.5) is 8.78 Å². The van der Waals surface area contributed by atoms with Gasteiger partial charge in [-0.1, -0.05) is 23.9 Å². The van der Waals surface area contributed by atoms with Gasteiger partial charge in [0, 0.05) is 4.90 Å². The molecule has 0 saturated carbocycles. The molecule has 106 valence electrons. The Morgan fingerprint density at radius 3 is 2.40 bits per heavy atom. The summed E-state index contributed by atoms with van der Waals surface area (Å²) >= 11 is 0.253. The Kier molecular flexibility index (Phi) is 4.33. The minimum absolute atomic E-state index is 0.0558. The summed E-state index contributed by atoms with van der Waals surface area (Å²) in [6.45, 7) is -0.531. The number of nitrogens with one attached hydrogen (secondary N) is 1. The number of halogens is 2. The molecule has 1 saturated heterocycles. The molecule has 1 heterocycles. The molecule has 1 fully saturated rings. The van der Waals surface area contributed by atoms with E-state index < -0.39 is 23.5 Å². The zero-order valence-corrected chi connectivity index (χ0v) is 11.0. The highest BCUT2D eigenvalue weighted by Crippen LogP contribution is 2.29. The summed E-state index contributed by atoms with van der Waals surface area (Å²) in [5, 5.41) is 2.07. The van der Waals surface area contributed by atoms with Gasteiger partial charge in [0.05, 0.1) is 5.56 Å². The normalized spacial score (nSPS) is 15.4. The van der Waals surface area contributed by atoms with Crippen LogP contribution < -0.4 is 5.32 Å². The molecule has 0 aliphatic carbocycles. The number of thioether (sulfide) groups is 1. The number of carbonyl (C=O) groups is 3. The zero-order chi connectivity index (χ0) is 14.7. The highest BCUT2D eigenvalue weighted by molar-refractivity contribution is 7.99. The Morgan fingerprint density at radius 2 is 1.80 bits per heavy atom. The largest absolute Gasteiger partial charge is 0.320 e. The summed E-state index contributed by atoms with van der Waals surface area (Å²) in [5.41, 5.74) is 0.0558. The number of carbonyl (C=O) groups excluding carboxylic acids is 3. The fourth-order valence-electron chi connectivity index (χ4n) is 1.79. The van der Waals surface area contributed by atoms with Crippen LogP contribution in [0.5, 0.6) is 0 Å². The van der Waals surface area contributed by atoms with Crippen LogP contribution in [0, 0.1) is 0 Å². The van der Waals surface area contributed by atoms with Gasteiger partial charge >= 0.3 is 0 Å². The number of rotatable bonds is 3. The Hall–Kier alpha value is -1.96. The first-order chi connectivity index (χ1) is 9.47. The number of amides is 3. The van der Waals surface area contributed by atoms with Gasteiger partial charge in [0.25, 0.3) is 11.7 Å². The molecule has 1 aromatic carbocycles. The van der Waals surface area contributed by atoms with Crippen molar-refractivity contribution in [2.24, 2.45) is 0 Å². The van der Waals surface area contributed by atoms with E-state index in [0.29, 0.717) is 0 Å². The third-order valence-corrected chi connectivity index (χ3v) is 3.36. The highest BCUT2D eigenvalue weighted by Gasteiger charge is 2.28. The molecule has 0 aromatic heterocycles. The maximum atomic E-state index is 12.5. The van der Waals surface area contributed by atoms with Crippen LogP contribution in [0.3, 0.4) is 0 Å². The number of benzene rings is 1. The topological polar surface area (TPSA) is 66.5 Å². The molecule has 0 spiro atoms. The molecule has 0 radical (unpaired) electrons. The average molecular weight is 300 g/mol. The van der Waals surface area contributed by atoms with Crippen molar-refractivity contribution in [2.75, 3.05) is 13.1 Å². The van der Waals surface area contributed by atoms with Crippen molar-refractivity contribution in [3.63, 3.8) is 0 Å². The van der Waals surface area contributed by atoms with Gasteiger partial charge in [-0.15, -0.1) is 0 Å². The SMILES string of the molecule is O=C1CN(C(=O)c2ccccc2SC(F)F)CC(=O)N1. The smallest absolute Gasteiger partial charge is 0.288 e. The molecule has 1 aromatic rings. The second kappa shape index (κ2) is 6.00. The molecule has 1 aliphatic rings. The van der Waals surface area contributed by atoms with Crippen molar-refractivity contribution in [2.45, 2.75) is 10.7 Å². The Labute approximate surface area is 117 Å². The molecule has 0 bridgehead atoms. The lowest BCUT2D eigenvalue weighted by atomic mass is 10.2. The lowest BCUT2D eigenvalue weighted by Gasteiger charge is -2.26. The van der Waals surface area contributed by atoms with Crippen LogP contribution in [0.1, 0.15) is 10.4 Å². The molecule has 8 heteroatoms. The van der Waals surface area contributed by atoms with E-state index in [1.54, 1.807) is 0 Å². The van der Waals surface area contributed by atoms with Crippen LogP contribution in [0.2, 0.25) is 0 Å². The first-order valence-electron chi connectivity index (χ1n) is 5.63. The lowest BCUT2D eigenvalue weighted by Crippen LogP contribution is -2.53. The highest BCUT2D eigenvalue weighted by atomic mass is 32.2. The minimum atomic E-state index is -2.66. The number of piperazine rings is 1. The van der Waals surface area contributed by atoms with E-state index in [1.807, 2.05) is 0 Å². The summed E-state index contributed by atoms with van der Waals surface area (Å²) in [4.78, 5) is 35.8. The first kappa shape index (κ1) is 14.4. The average Bonchev–Trinajstić information content (AvgIpc) is 2.36. The molecule has 1 aliphatic heterocycles. The fraction of sp³-hybridized carbons (Fsp3) is 0.250. The van der Waals surface area contributed by atoms with Gasteiger partial charge in [-0.05, 0) is 12.1 Å². The zero-order valence-electron chi connectivity index (χ0n) is 10.1. The maximum Gasteiger partial charge on any atom is 0.288 e. The summed E-state index contributed by atoms with van der Waals surface area (Å²) in [6.07, 6.45) is 0. The predicted octanol–water partition coefficient (Wildman–Crippen LogP) is 1.10. The van der Waals surface area contributed by atoms with Crippen molar-refractivity contribution in [3.8, 4) is 0 Å². The first-order valence-corrected chi connectivity index (χ1v) is 6.51. The second-order valence-corrected chi connectivity index (χ2v) is 5.04. The molecule has 5 nitrogen and oxygen atoms in total. The Morgan fingerprint density at radius 1 is 1.20 bits per heavy atom. The van der Waals surface area contributed by atoms with Crippen molar-refractivity contribution < 1.29 is 23.2 Å². The second-order valence-electron chi connectivity index (χ2n) is 4.01. The van der Waals surface area contributed by atoms with Crippen molar-refractivity contribution in [1.29, 1.82) is 0 Å². The minimum Gasteiger partial charge on any atom is -0.320 e. The molecular weight excluding hydrogens is 290 g/mol. The van der Waals surface area contributed by atoms with Gasteiger partial charge in [-0.3, -0.25) is 19.7 Å². The van der Waals surface area contributed by atoms with Gasteiger partial charge in [0.1, 0.15) is 13.1 Å². The van der Waals surface area contributed by atoms with Crippen molar-refractivity contribution in [1.82, 2.24) is 10.2 Å². The van der Waals surface area contributed by atoms with Crippen LogP contribution >= 0.6 is 11.8 Å². The van der Waals surface area contributed by atoms with E-state index in [1.165, 1.54) is 24.3 Å². The lowest BCUT2D eigenvalue weighted by molar-refractivity contribution is -0.135. The van der Waals surface area contributed by atoms with E-state index in [9.17, 15) is 23.2 Å². The van der Waals surface area contributed by atoms with Gasteiger partial charge in [0.15, 0.2) is 0 Å². The van der Waals surface area contributed by atoms with Crippen LogP contribution in [-0.2, 0) is 9.59 Å². The summed E-state index contributed by atoms with van der Waals surface area (Å²) in [5.74, 6) is -4.45. The third-order valence-electron chi connectivity index (χ3n) is 2.57. The van der Waals surface area contributed by atoms with E-state index in [2.05, 4.69) is 5.32 Å². The number of imide groups is 1. The van der Waals surface area contributed by atoms with E-state index in [4.69, 9.17) is 0 Å².